The second kappa shape index (κ2) is 6.97. The van der Waals surface area contributed by atoms with E-state index >= 15 is 0 Å². The summed E-state index contributed by atoms with van der Waals surface area (Å²) in [5, 5.41) is 1.31. The van der Waals surface area contributed by atoms with E-state index in [0.29, 0.717) is 16.0 Å². The van der Waals surface area contributed by atoms with E-state index in [9.17, 15) is 0 Å². The zero-order chi connectivity index (χ0) is 12.4. The van der Waals surface area contributed by atoms with Crippen molar-refractivity contribution in [2.24, 2.45) is 11.7 Å². The summed E-state index contributed by atoms with van der Waals surface area (Å²) in [5.41, 5.74) is 7.03. The van der Waals surface area contributed by atoms with E-state index < -0.39 is 0 Å². The molecule has 0 amide bonds. The van der Waals surface area contributed by atoms with Crippen LogP contribution >= 0.6 is 35.6 Å². The van der Waals surface area contributed by atoms with Gasteiger partial charge in [-0.3, -0.25) is 4.90 Å². The third-order valence-electron chi connectivity index (χ3n) is 3.48. The number of nitrogens with two attached hydrogens (primary N) is 1. The topological polar surface area (TPSA) is 29.3 Å². The van der Waals surface area contributed by atoms with E-state index in [-0.39, 0.29) is 18.4 Å². The van der Waals surface area contributed by atoms with Crippen molar-refractivity contribution < 1.29 is 0 Å². The molecule has 2 rings (SSSR count). The summed E-state index contributed by atoms with van der Waals surface area (Å²) in [4.78, 5) is 2.39. The Bertz CT molecular complexity index is 396. The molecule has 2 nitrogen and oxygen atoms in total. The molecule has 1 aliphatic heterocycles. The van der Waals surface area contributed by atoms with Gasteiger partial charge in [0.25, 0.3) is 0 Å². The van der Waals surface area contributed by atoms with Crippen molar-refractivity contribution in [1.82, 2.24) is 4.90 Å². The van der Waals surface area contributed by atoms with Gasteiger partial charge in [-0.25, -0.2) is 0 Å². The van der Waals surface area contributed by atoms with E-state index in [2.05, 4.69) is 11.8 Å². The predicted molar refractivity (Wildman–Crippen MR) is 80.7 cm³/mol. The van der Waals surface area contributed by atoms with Crippen LogP contribution in [0.3, 0.4) is 0 Å². The molecule has 1 aromatic carbocycles. The molecule has 2 N–H and O–H groups in total. The van der Waals surface area contributed by atoms with Gasteiger partial charge in [0.15, 0.2) is 0 Å². The molecule has 102 valence electrons. The molecule has 1 fully saturated rings. The lowest BCUT2D eigenvalue weighted by atomic mass is 10.0. The minimum Gasteiger partial charge on any atom is -0.328 e. The third kappa shape index (κ3) is 3.75. The lowest BCUT2D eigenvalue weighted by Crippen LogP contribution is -2.29. The number of hydrogen-bond acceptors (Lipinski definition) is 2. The standard InChI is InChI=1S/C13H18Cl2N2.ClH/c1-9(16)10-5-6-17(7-10)8-11-3-2-4-12(14)13(11)15;/h2-4,9-10H,5-8,16H2,1H3;1H. The maximum Gasteiger partial charge on any atom is 0.0637 e. The van der Waals surface area contributed by atoms with Gasteiger partial charge in [0, 0.05) is 19.1 Å². The number of hydrogen-bond donors (Lipinski definition) is 1. The summed E-state index contributed by atoms with van der Waals surface area (Å²) in [6.45, 7) is 5.10. The van der Waals surface area contributed by atoms with Crippen LogP contribution in [0.15, 0.2) is 18.2 Å². The van der Waals surface area contributed by atoms with Crippen molar-refractivity contribution in [3.8, 4) is 0 Å². The SMILES string of the molecule is CC(N)C1CCN(Cc2cccc(Cl)c2Cl)C1.Cl. The zero-order valence-corrected chi connectivity index (χ0v) is 12.7. The summed E-state index contributed by atoms with van der Waals surface area (Å²) in [7, 11) is 0. The molecule has 0 spiro atoms. The largest absolute Gasteiger partial charge is 0.328 e. The Labute approximate surface area is 125 Å². The summed E-state index contributed by atoms with van der Waals surface area (Å²) in [6, 6.07) is 6.08. The van der Waals surface area contributed by atoms with Gasteiger partial charge in [0.05, 0.1) is 10.0 Å². The minimum atomic E-state index is 0. The molecule has 0 bridgehead atoms. The van der Waals surface area contributed by atoms with E-state index in [1.807, 2.05) is 18.2 Å². The summed E-state index contributed by atoms with van der Waals surface area (Å²) in [5.74, 6) is 0.605. The summed E-state index contributed by atoms with van der Waals surface area (Å²) < 4.78 is 0. The molecule has 2 unspecified atom stereocenters. The van der Waals surface area contributed by atoms with Gasteiger partial charge in [-0.15, -0.1) is 12.4 Å². The number of rotatable bonds is 3. The fraction of sp³-hybridized carbons (Fsp3) is 0.538. The fourth-order valence-electron chi connectivity index (χ4n) is 2.35. The average molecular weight is 310 g/mol. The molecule has 0 aromatic heterocycles. The number of benzene rings is 1. The van der Waals surface area contributed by atoms with Crippen LogP contribution in [0.4, 0.5) is 0 Å². The number of nitrogens with zero attached hydrogens (tertiary/aromatic N) is 1. The quantitative estimate of drug-likeness (QED) is 0.924. The Morgan fingerprint density at radius 2 is 2.17 bits per heavy atom. The maximum atomic E-state index is 6.19. The summed E-state index contributed by atoms with van der Waals surface area (Å²) in [6.07, 6.45) is 1.18. The highest BCUT2D eigenvalue weighted by Crippen LogP contribution is 2.28. The Hall–Kier alpha value is 0.01000. The molecule has 1 heterocycles. The van der Waals surface area contributed by atoms with Gasteiger partial charge in [-0.2, -0.15) is 0 Å². The second-order valence-corrected chi connectivity index (χ2v) is 5.64. The van der Waals surface area contributed by atoms with Gasteiger partial charge in [0.1, 0.15) is 0 Å². The van der Waals surface area contributed by atoms with Gasteiger partial charge in [0.2, 0.25) is 0 Å². The van der Waals surface area contributed by atoms with Crippen molar-refractivity contribution in [1.29, 1.82) is 0 Å². The molecule has 5 heteroatoms. The molecule has 1 aromatic rings. The lowest BCUT2D eigenvalue weighted by molar-refractivity contribution is 0.308. The third-order valence-corrected chi connectivity index (χ3v) is 4.34. The van der Waals surface area contributed by atoms with Crippen LogP contribution in [0.2, 0.25) is 10.0 Å². The van der Waals surface area contributed by atoms with Crippen molar-refractivity contribution in [2.45, 2.75) is 25.9 Å². The summed E-state index contributed by atoms with van der Waals surface area (Å²) >= 11 is 12.2. The molecular weight excluding hydrogens is 291 g/mol. The van der Waals surface area contributed by atoms with Crippen LogP contribution in [0.25, 0.3) is 0 Å². The van der Waals surface area contributed by atoms with Crippen LogP contribution in [-0.2, 0) is 6.54 Å². The first-order chi connectivity index (χ1) is 8.08. The van der Waals surface area contributed by atoms with Crippen LogP contribution in [-0.4, -0.2) is 24.0 Å². The number of likely N-dealkylation sites (tertiary alicyclic amines) is 1. The van der Waals surface area contributed by atoms with E-state index in [0.717, 1.165) is 25.2 Å². The van der Waals surface area contributed by atoms with Crippen molar-refractivity contribution in [3.05, 3.63) is 33.8 Å². The van der Waals surface area contributed by atoms with E-state index in [1.54, 1.807) is 0 Å². The molecular formula is C13H19Cl3N2. The Balaban J connectivity index is 0.00000162. The molecule has 18 heavy (non-hydrogen) atoms. The van der Waals surface area contributed by atoms with Gasteiger partial charge >= 0.3 is 0 Å². The number of halogens is 3. The predicted octanol–water partition coefficient (Wildman–Crippen LogP) is 3.58. The molecule has 0 radical (unpaired) electrons. The normalized spacial score (nSPS) is 21.7. The maximum absolute atomic E-state index is 6.19. The first-order valence-electron chi connectivity index (χ1n) is 5.98. The Morgan fingerprint density at radius 3 is 2.78 bits per heavy atom. The van der Waals surface area contributed by atoms with Crippen LogP contribution in [0.5, 0.6) is 0 Å². The molecule has 0 aliphatic carbocycles. The Morgan fingerprint density at radius 1 is 1.44 bits per heavy atom. The van der Waals surface area contributed by atoms with Gasteiger partial charge in [-0.1, -0.05) is 35.3 Å². The molecule has 2 atom stereocenters. The highest BCUT2D eigenvalue weighted by atomic mass is 35.5. The van der Waals surface area contributed by atoms with Crippen LogP contribution < -0.4 is 5.73 Å². The Kier molecular flexibility index (Phi) is 6.22. The van der Waals surface area contributed by atoms with Crippen molar-refractivity contribution >= 4 is 35.6 Å². The molecule has 1 saturated heterocycles. The minimum absolute atomic E-state index is 0. The van der Waals surface area contributed by atoms with Crippen molar-refractivity contribution in [2.75, 3.05) is 13.1 Å². The second-order valence-electron chi connectivity index (χ2n) is 4.86. The van der Waals surface area contributed by atoms with Crippen molar-refractivity contribution in [3.63, 3.8) is 0 Å². The fourth-order valence-corrected chi connectivity index (χ4v) is 2.73. The van der Waals surface area contributed by atoms with Crippen LogP contribution in [0, 0.1) is 5.92 Å². The average Bonchev–Trinajstić information content (AvgIpc) is 2.73. The molecule has 0 saturated carbocycles. The van der Waals surface area contributed by atoms with E-state index in [4.69, 9.17) is 28.9 Å². The first kappa shape index (κ1) is 16.1. The monoisotopic (exact) mass is 308 g/mol. The zero-order valence-electron chi connectivity index (χ0n) is 10.4. The van der Waals surface area contributed by atoms with Crippen LogP contribution in [0.1, 0.15) is 18.9 Å². The smallest absolute Gasteiger partial charge is 0.0637 e. The lowest BCUT2D eigenvalue weighted by Gasteiger charge is -2.18. The molecule has 1 aliphatic rings. The van der Waals surface area contributed by atoms with Gasteiger partial charge < -0.3 is 5.73 Å². The van der Waals surface area contributed by atoms with E-state index in [1.165, 1.54) is 6.42 Å². The first-order valence-corrected chi connectivity index (χ1v) is 6.74. The highest BCUT2D eigenvalue weighted by molar-refractivity contribution is 6.42. The highest BCUT2D eigenvalue weighted by Gasteiger charge is 2.25. The van der Waals surface area contributed by atoms with Gasteiger partial charge in [-0.05, 0) is 37.4 Å².